The van der Waals surface area contributed by atoms with Crippen LogP contribution in [0, 0.1) is 29.6 Å². The van der Waals surface area contributed by atoms with Crippen LogP contribution in [0.2, 0.25) is 0 Å². The van der Waals surface area contributed by atoms with Crippen LogP contribution in [-0.2, 0) is 0 Å². The minimum atomic E-state index is 0. The highest BCUT2D eigenvalue weighted by Crippen LogP contribution is 2.27. The normalized spacial score (nSPS) is 33.5. The van der Waals surface area contributed by atoms with Crippen molar-refractivity contribution in [2.75, 3.05) is 0 Å². The summed E-state index contributed by atoms with van der Waals surface area (Å²) < 4.78 is 0. The van der Waals surface area contributed by atoms with Gasteiger partial charge in [-0.15, -0.1) is 0 Å². The van der Waals surface area contributed by atoms with Gasteiger partial charge in [-0.2, -0.15) is 0 Å². The van der Waals surface area contributed by atoms with E-state index in [2.05, 4.69) is 34.6 Å². The van der Waals surface area contributed by atoms with Gasteiger partial charge in [-0.25, -0.2) is 0 Å². The third-order valence-electron chi connectivity index (χ3n) is 6.74. The molecule has 2 unspecified atom stereocenters. The Balaban J connectivity index is 0.000000341. The van der Waals surface area contributed by atoms with E-state index in [0.29, 0.717) is 0 Å². The lowest BCUT2D eigenvalue weighted by atomic mass is 9.84. The largest absolute Gasteiger partial charge is 0.0776 e. The molecular weight excluding hydrogens is 300 g/mol. The monoisotopic (exact) mass is 352 g/mol. The summed E-state index contributed by atoms with van der Waals surface area (Å²) in [5.74, 6) is 5.09. The molecule has 0 nitrogen and oxygen atoms in total. The molecule has 0 spiro atoms. The summed E-state index contributed by atoms with van der Waals surface area (Å²) in [6, 6.07) is 0. The van der Waals surface area contributed by atoms with E-state index in [4.69, 9.17) is 0 Å². The molecule has 0 radical (unpaired) electrons. The average molecular weight is 353 g/mol. The number of hydrogen-bond donors (Lipinski definition) is 0. The summed E-state index contributed by atoms with van der Waals surface area (Å²) >= 11 is 0. The van der Waals surface area contributed by atoms with Gasteiger partial charge in [0.15, 0.2) is 0 Å². The zero-order chi connectivity index (χ0) is 17.8. The van der Waals surface area contributed by atoms with Crippen LogP contribution in [-0.4, -0.2) is 0 Å². The Labute approximate surface area is 161 Å². The predicted octanol–water partition coefficient (Wildman–Crippen LogP) is 9.28. The van der Waals surface area contributed by atoms with Crippen LogP contribution < -0.4 is 0 Å². The average Bonchev–Trinajstić information content (AvgIpc) is 2.76. The maximum absolute atomic E-state index is 2.39. The summed E-state index contributed by atoms with van der Waals surface area (Å²) in [6.07, 6.45) is 20.7. The summed E-state index contributed by atoms with van der Waals surface area (Å²) in [5.41, 5.74) is 0. The van der Waals surface area contributed by atoms with Gasteiger partial charge < -0.3 is 0 Å². The van der Waals surface area contributed by atoms with Crippen molar-refractivity contribution in [3.05, 3.63) is 0 Å². The Morgan fingerprint density at radius 1 is 0.320 bits per heavy atom. The molecule has 3 aliphatic rings. The zero-order valence-corrected chi connectivity index (χ0v) is 17.8. The van der Waals surface area contributed by atoms with Crippen molar-refractivity contribution in [1.29, 1.82) is 0 Å². The fourth-order valence-corrected chi connectivity index (χ4v) is 4.41. The zero-order valence-electron chi connectivity index (χ0n) is 17.8. The first-order valence-corrected chi connectivity index (χ1v) is 11.5. The lowest BCUT2D eigenvalue weighted by Gasteiger charge is -2.22. The van der Waals surface area contributed by atoms with Gasteiger partial charge in [0.1, 0.15) is 0 Å². The van der Waals surface area contributed by atoms with Gasteiger partial charge in [0.05, 0.1) is 0 Å². The van der Waals surface area contributed by atoms with Crippen LogP contribution in [0.5, 0.6) is 0 Å². The smallest absolute Gasteiger partial charge is 0.0443 e. The van der Waals surface area contributed by atoms with E-state index >= 15 is 0 Å². The van der Waals surface area contributed by atoms with Crippen molar-refractivity contribution in [1.82, 2.24) is 0 Å². The van der Waals surface area contributed by atoms with Crippen molar-refractivity contribution in [2.24, 2.45) is 29.6 Å². The Kier molecular flexibility index (Phi) is 15.1. The summed E-state index contributed by atoms with van der Waals surface area (Å²) in [6.45, 7) is 11.9. The van der Waals surface area contributed by atoms with Gasteiger partial charge in [-0.05, 0) is 29.6 Å². The molecule has 0 bridgehead atoms. The summed E-state index contributed by atoms with van der Waals surface area (Å²) in [4.78, 5) is 0. The molecule has 3 fully saturated rings. The molecule has 25 heavy (non-hydrogen) atoms. The van der Waals surface area contributed by atoms with Gasteiger partial charge >= 0.3 is 0 Å². The SMILES string of the molecule is C.CC1CCC(C)CC1.CC1CCCC(C)CC1.CC1CCCCC1. The lowest BCUT2D eigenvalue weighted by molar-refractivity contribution is 0.308. The quantitative estimate of drug-likeness (QED) is 0.381. The molecule has 0 aromatic carbocycles. The molecule has 0 aromatic heterocycles. The number of hydrogen-bond acceptors (Lipinski definition) is 0. The third-order valence-corrected chi connectivity index (χ3v) is 6.74. The molecule has 0 amide bonds. The molecule has 2 atom stereocenters. The molecule has 3 rings (SSSR count). The molecule has 0 saturated heterocycles. The minimum Gasteiger partial charge on any atom is -0.0776 e. The van der Waals surface area contributed by atoms with Crippen molar-refractivity contribution < 1.29 is 0 Å². The molecule has 3 aliphatic carbocycles. The van der Waals surface area contributed by atoms with Crippen molar-refractivity contribution >= 4 is 0 Å². The van der Waals surface area contributed by atoms with Crippen LogP contribution in [0.1, 0.15) is 132 Å². The first kappa shape index (κ1) is 25.0. The molecule has 152 valence electrons. The van der Waals surface area contributed by atoms with Crippen molar-refractivity contribution in [3.8, 4) is 0 Å². The topological polar surface area (TPSA) is 0 Å². The highest BCUT2D eigenvalue weighted by atomic mass is 14.2. The second-order valence-corrected chi connectivity index (χ2v) is 9.83. The van der Waals surface area contributed by atoms with Gasteiger partial charge in [-0.1, -0.05) is 132 Å². The maximum Gasteiger partial charge on any atom is -0.0443 e. The fourth-order valence-electron chi connectivity index (χ4n) is 4.41. The molecule has 0 aromatic rings. The highest BCUT2D eigenvalue weighted by molar-refractivity contribution is 4.66. The lowest BCUT2D eigenvalue weighted by Crippen LogP contribution is -2.08. The maximum atomic E-state index is 2.39. The molecule has 0 heterocycles. The van der Waals surface area contributed by atoms with Crippen LogP contribution >= 0.6 is 0 Å². The van der Waals surface area contributed by atoms with E-state index in [-0.39, 0.29) is 7.43 Å². The van der Waals surface area contributed by atoms with Gasteiger partial charge in [0.25, 0.3) is 0 Å². The first-order valence-electron chi connectivity index (χ1n) is 11.5. The second kappa shape index (κ2) is 15.1. The van der Waals surface area contributed by atoms with E-state index in [0.717, 1.165) is 29.6 Å². The molecule has 0 aliphatic heterocycles. The number of rotatable bonds is 0. The van der Waals surface area contributed by atoms with E-state index in [1.54, 1.807) is 0 Å². The van der Waals surface area contributed by atoms with Crippen molar-refractivity contribution in [3.63, 3.8) is 0 Å². The van der Waals surface area contributed by atoms with E-state index in [1.807, 2.05) is 0 Å². The summed E-state index contributed by atoms with van der Waals surface area (Å²) in [5, 5.41) is 0. The summed E-state index contributed by atoms with van der Waals surface area (Å²) in [7, 11) is 0. The van der Waals surface area contributed by atoms with E-state index in [9.17, 15) is 0 Å². The van der Waals surface area contributed by atoms with Gasteiger partial charge in [0.2, 0.25) is 0 Å². The standard InChI is InChI=1S/C9H18.C8H16.C7H14.CH4/c1-8-4-3-5-9(2)7-6-8;1-7-3-5-8(2)6-4-7;1-7-5-3-2-4-6-7;/h8-9H,3-7H2,1-2H3;7-8H,3-6H2,1-2H3;7H,2-6H2,1H3;1H4. The first-order chi connectivity index (χ1) is 11.5. The van der Waals surface area contributed by atoms with Crippen LogP contribution in [0.15, 0.2) is 0 Å². The highest BCUT2D eigenvalue weighted by Gasteiger charge is 2.13. The van der Waals surface area contributed by atoms with Gasteiger partial charge in [0, 0.05) is 0 Å². The van der Waals surface area contributed by atoms with E-state index < -0.39 is 0 Å². The van der Waals surface area contributed by atoms with Crippen LogP contribution in [0.4, 0.5) is 0 Å². The molecule has 3 saturated carbocycles. The van der Waals surface area contributed by atoms with Gasteiger partial charge in [-0.3, -0.25) is 0 Å². The molecular formula is C25H52. The minimum absolute atomic E-state index is 0. The Morgan fingerprint density at radius 2 is 0.560 bits per heavy atom. The Bertz CT molecular complexity index is 248. The predicted molar refractivity (Wildman–Crippen MR) is 117 cm³/mol. The second-order valence-electron chi connectivity index (χ2n) is 9.83. The fraction of sp³-hybridized carbons (Fsp3) is 1.00. The molecule has 0 heteroatoms. The van der Waals surface area contributed by atoms with E-state index in [1.165, 1.54) is 89.9 Å². The van der Waals surface area contributed by atoms with Crippen LogP contribution in [0.3, 0.4) is 0 Å². The Hall–Kier alpha value is 0. The third kappa shape index (κ3) is 13.8. The van der Waals surface area contributed by atoms with Crippen LogP contribution in [0.25, 0.3) is 0 Å². The Morgan fingerprint density at radius 3 is 0.840 bits per heavy atom. The molecule has 0 N–H and O–H groups in total. The van der Waals surface area contributed by atoms with Crippen molar-refractivity contribution in [2.45, 2.75) is 132 Å².